The molecule has 1 saturated heterocycles. The van der Waals surface area contributed by atoms with Gasteiger partial charge in [0.05, 0.1) is 24.2 Å². The number of hydrogen-bond donors (Lipinski definition) is 0. The highest BCUT2D eigenvalue weighted by molar-refractivity contribution is 9.10. The second-order valence-electron chi connectivity index (χ2n) is 12.5. The predicted molar refractivity (Wildman–Crippen MR) is 185 cm³/mol. The number of aromatic nitrogens is 3. The molecule has 11 heteroatoms. The molecule has 1 aliphatic carbocycles. The van der Waals surface area contributed by atoms with Crippen LogP contribution in [-0.4, -0.2) is 79.6 Å². The minimum absolute atomic E-state index is 0.0983. The molecule has 0 saturated carbocycles. The molecule has 246 valence electrons. The van der Waals surface area contributed by atoms with Gasteiger partial charge >= 0.3 is 6.09 Å². The number of halogens is 2. The van der Waals surface area contributed by atoms with Crippen LogP contribution in [0.2, 0.25) is 5.02 Å². The Hall–Kier alpha value is -3.73. The Labute approximate surface area is 289 Å². The lowest BCUT2D eigenvalue weighted by Gasteiger charge is -2.44. The number of piperazine rings is 1. The van der Waals surface area contributed by atoms with Gasteiger partial charge in [-0.15, -0.1) is 0 Å². The number of hydrogen-bond acceptors (Lipinski definition) is 6. The minimum atomic E-state index is -0.746. The van der Waals surface area contributed by atoms with Crippen LogP contribution in [0.25, 0.3) is 0 Å². The first kappa shape index (κ1) is 33.2. The molecule has 0 bridgehead atoms. The fourth-order valence-electron chi connectivity index (χ4n) is 6.66. The second kappa shape index (κ2) is 15.0. The van der Waals surface area contributed by atoms with Crippen molar-refractivity contribution >= 4 is 39.5 Å². The molecule has 1 fully saturated rings. The molecule has 6 rings (SSSR count). The van der Waals surface area contributed by atoms with Gasteiger partial charge in [-0.3, -0.25) is 19.6 Å². The largest absolute Gasteiger partial charge is 0.447 e. The smallest absolute Gasteiger partial charge is 0.410 e. The van der Waals surface area contributed by atoms with E-state index in [1.807, 2.05) is 78.2 Å². The number of aryl methyl sites for hydroxylation is 3. The van der Waals surface area contributed by atoms with E-state index in [1.165, 1.54) is 5.56 Å². The molecule has 2 amide bonds. The summed E-state index contributed by atoms with van der Waals surface area (Å²) >= 11 is 10.1. The lowest BCUT2D eigenvalue weighted by Crippen LogP contribution is -2.62. The van der Waals surface area contributed by atoms with Gasteiger partial charge in [0.15, 0.2) is 0 Å². The van der Waals surface area contributed by atoms with Crippen molar-refractivity contribution in [1.29, 1.82) is 0 Å². The molecule has 0 radical (unpaired) electrons. The van der Waals surface area contributed by atoms with E-state index in [0.29, 0.717) is 37.7 Å². The first-order valence-electron chi connectivity index (χ1n) is 16.2. The van der Waals surface area contributed by atoms with Crippen LogP contribution in [0.15, 0.2) is 84.0 Å². The van der Waals surface area contributed by atoms with Gasteiger partial charge in [-0.25, -0.2) is 9.78 Å². The topological polar surface area (TPSA) is 83.8 Å². The van der Waals surface area contributed by atoms with Gasteiger partial charge in [-0.1, -0.05) is 48.0 Å². The Morgan fingerprint density at radius 2 is 1.89 bits per heavy atom. The highest BCUT2D eigenvalue weighted by atomic mass is 79.9. The number of carbonyl (C=O) groups is 2. The Kier molecular flexibility index (Phi) is 10.6. The molecule has 1 aliphatic heterocycles. The third-order valence-electron chi connectivity index (χ3n) is 8.85. The third-order valence-corrected chi connectivity index (χ3v) is 9.52. The van der Waals surface area contributed by atoms with Gasteiger partial charge in [0, 0.05) is 67.4 Å². The molecular formula is C36H40BrClN6O3. The van der Waals surface area contributed by atoms with Crippen molar-refractivity contribution in [3.05, 3.63) is 117 Å². The predicted octanol–water partition coefficient (Wildman–Crippen LogP) is 6.53. The summed E-state index contributed by atoms with van der Waals surface area (Å²) in [5.74, 6) is -0.0983. The van der Waals surface area contributed by atoms with Crippen molar-refractivity contribution in [2.75, 3.05) is 26.2 Å². The Morgan fingerprint density at radius 1 is 1.09 bits per heavy atom. The molecule has 0 spiro atoms. The van der Waals surface area contributed by atoms with E-state index >= 15 is 0 Å². The van der Waals surface area contributed by atoms with Gasteiger partial charge in [-0.05, 0) is 89.5 Å². The summed E-state index contributed by atoms with van der Waals surface area (Å²) in [4.78, 5) is 43.2. The van der Waals surface area contributed by atoms with Crippen LogP contribution in [0.5, 0.6) is 0 Å². The number of imidazole rings is 1. The van der Waals surface area contributed by atoms with Crippen LogP contribution in [0.1, 0.15) is 54.3 Å². The monoisotopic (exact) mass is 718 g/mol. The van der Waals surface area contributed by atoms with Crippen LogP contribution in [-0.2, 0) is 35.5 Å². The molecule has 3 heterocycles. The van der Waals surface area contributed by atoms with Gasteiger partial charge in [0.1, 0.15) is 6.04 Å². The molecule has 0 unspecified atom stereocenters. The van der Waals surface area contributed by atoms with Crippen molar-refractivity contribution in [2.24, 2.45) is 0 Å². The number of nitrogens with zero attached hydrogens (tertiary/aromatic N) is 6. The standard InChI is InChI=1S/C36H40BrClN6O3/c1-25(2)47-36(46)44-18-17-42(34-31-12-11-30(38)20-27(31)9-10-28-19-29(37)21-40-33(28)34)23-32(44)35(45)43(22-26-7-4-3-5-8-26)15-6-14-41-16-13-39-24-41/h3-5,7-8,11-13,16,19-21,24-25,32,34H,6,9-10,14-15,17-18,22-23H2,1-2H3/t32-,34+/m1/s1. The Bertz CT molecular complexity index is 1630. The van der Waals surface area contributed by atoms with Crippen LogP contribution in [0, 0.1) is 0 Å². The van der Waals surface area contributed by atoms with Crippen molar-refractivity contribution in [2.45, 2.75) is 64.4 Å². The van der Waals surface area contributed by atoms with E-state index in [-0.39, 0.29) is 18.1 Å². The van der Waals surface area contributed by atoms with E-state index in [4.69, 9.17) is 21.3 Å². The maximum absolute atomic E-state index is 14.8. The molecule has 2 aliphatic rings. The second-order valence-corrected chi connectivity index (χ2v) is 13.8. The van der Waals surface area contributed by atoms with Gasteiger partial charge < -0.3 is 14.2 Å². The average Bonchev–Trinajstić information content (AvgIpc) is 3.53. The number of amides is 2. The highest BCUT2D eigenvalue weighted by Crippen LogP contribution is 2.38. The molecule has 9 nitrogen and oxygen atoms in total. The van der Waals surface area contributed by atoms with Crippen LogP contribution in [0.3, 0.4) is 0 Å². The zero-order valence-electron chi connectivity index (χ0n) is 26.8. The first-order chi connectivity index (χ1) is 22.8. The molecule has 2 aromatic heterocycles. The summed E-state index contributed by atoms with van der Waals surface area (Å²) in [7, 11) is 0. The molecule has 2 aromatic carbocycles. The van der Waals surface area contributed by atoms with Gasteiger partial charge in [-0.2, -0.15) is 0 Å². The van der Waals surface area contributed by atoms with E-state index in [0.717, 1.165) is 52.7 Å². The van der Waals surface area contributed by atoms with Crippen LogP contribution in [0.4, 0.5) is 4.79 Å². The quantitative estimate of drug-likeness (QED) is 0.196. The summed E-state index contributed by atoms with van der Waals surface area (Å²) in [5.41, 5.74) is 5.47. The van der Waals surface area contributed by atoms with E-state index in [2.05, 4.69) is 37.9 Å². The SMILES string of the molecule is CC(C)OC(=O)N1CCN([C@H]2c3ccc(Cl)cc3CCc3cc(Br)cnc32)C[C@@H]1C(=O)N(CCCn1ccnc1)Cc1ccccc1. The summed E-state index contributed by atoms with van der Waals surface area (Å²) in [6.45, 7) is 6.60. The molecule has 2 atom stereocenters. The van der Waals surface area contributed by atoms with E-state index < -0.39 is 12.1 Å². The van der Waals surface area contributed by atoms with Gasteiger partial charge in [0.25, 0.3) is 0 Å². The zero-order chi connectivity index (χ0) is 32.9. The Balaban J connectivity index is 1.35. The summed E-state index contributed by atoms with van der Waals surface area (Å²) in [6, 6.07) is 17.3. The number of benzene rings is 2. The van der Waals surface area contributed by atoms with E-state index in [1.54, 1.807) is 17.4 Å². The number of pyridine rings is 1. The molecule has 0 N–H and O–H groups in total. The maximum atomic E-state index is 14.8. The molecule has 47 heavy (non-hydrogen) atoms. The average molecular weight is 720 g/mol. The van der Waals surface area contributed by atoms with Crippen molar-refractivity contribution in [3.8, 4) is 0 Å². The molecular weight excluding hydrogens is 680 g/mol. The lowest BCUT2D eigenvalue weighted by molar-refractivity contribution is -0.140. The number of rotatable bonds is 9. The van der Waals surface area contributed by atoms with Crippen molar-refractivity contribution in [1.82, 2.24) is 29.2 Å². The van der Waals surface area contributed by atoms with E-state index in [9.17, 15) is 9.59 Å². The third kappa shape index (κ3) is 7.88. The normalized spacial score (nSPS) is 17.9. The summed E-state index contributed by atoms with van der Waals surface area (Å²) in [6.07, 6.45) is 8.94. The van der Waals surface area contributed by atoms with Crippen molar-refractivity contribution < 1.29 is 14.3 Å². The van der Waals surface area contributed by atoms with Crippen molar-refractivity contribution in [3.63, 3.8) is 0 Å². The molecule has 4 aromatic rings. The summed E-state index contributed by atoms with van der Waals surface area (Å²) in [5, 5.41) is 0.698. The number of fused-ring (bicyclic) bond motifs is 2. The fourth-order valence-corrected chi connectivity index (χ4v) is 7.24. The van der Waals surface area contributed by atoms with Gasteiger partial charge in [0.2, 0.25) is 5.91 Å². The Morgan fingerprint density at radius 3 is 2.66 bits per heavy atom. The van der Waals surface area contributed by atoms with Crippen LogP contribution < -0.4 is 0 Å². The maximum Gasteiger partial charge on any atom is 0.410 e. The first-order valence-corrected chi connectivity index (χ1v) is 17.4. The summed E-state index contributed by atoms with van der Waals surface area (Å²) < 4.78 is 8.64. The number of ether oxygens (including phenoxy) is 1. The van der Waals surface area contributed by atoms with Crippen LogP contribution >= 0.6 is 27.5 Å². The number of carbonyl (C=O) groups excluding carboxylic acids is 2. The minimum Gasteiger partial charge on any atom is -0.447 e. The highest BCUT2D eigenvalue weighted by Gasteiger charge is 2.42. The fraction of sp³-hybridized carbons (Fsp3) is 0.389. The lowest BCUT2D eigenvalue weighted by atomic mass is 9.95. The zero-order valence-corrected chi connectivity index (χ0v) is 29.1.